The van der Waals surface area contributed by atoms with Gasteiger partial charge in [-0.2, -0.15) is 5.10 Å². The van der Waals surface area contributed by atoms with Crippen LogP contribution in [0.5, 0.6) is 0 Å². The highest BCUT2D eigenvalue weighted by atomic mass is 15.4. The second-order valence-electron chi connectivity index (χ2n) is 6.03. The molecule has 2 rings (SSSR count). The van der Waals surface area contributed by atoms with E-state index in [2.05, 4.69) is 54.5 Å². The van der Waals surface area contributed by atoms with Gasteiger partial charge in [-0.25, -0.2) is 5.01 Å². The Labute approximate surface area is 157 Å². The van der Waals surface area contributed by atoms with Crippen LogP contribution < -0.4 is 0 Å². The highest BCUT2D eigenvalue weighted by molar-refractivity contribution is 5.84. The maximum absolute atomic E-state index is 4.60. The monoisotopic (exact) mass is 345 g/mol. The van der Waals surface area contributed by atoms with Crippen molar-refractivity contribution in [2.24, 2.45) is 5.10 Å². The minimum atomic E-state index is 0.809. The summed E-state index contributed by atoms with van der Waals surface area (Å²) < 4.78 is 0. The molecule has 0 bridgehead atoms. The SMILES string of the molecule is C=C(C1=CC(=C)N(/N=C\C)C=C1)c1cc(C(/C=C\C)=C/CC)cnc1C. The van der Waals surface area contributed by atoms with Gasteiger partial charge in [-0.15, -0.1) is 0 Å². The summed E-state index contributed by atoms with van der Waals surface area (Å²) in [4.78, 5) is 4.60. The van der Waals surface area contributed by atoms with Crippen LogP contribution in [0.2, 0.25) is 0 Å². The van der Waals surface area contributed by atoms with E-state index in [0.29, 0.717) is 0 Å². The highest BCUT2D eigenvalue weighted by Crippen LogP contribution is 2.30. The minimum absolute atomic E-state index is 0.809. The second kappa shape index (κ2) is 8.95. The number of aromatic nitrogens is 1. The molecule has 26 heavy (non-hydrogen) atoms. The number of pyridine rings is 1. The maximum atomic E-state index is 4.60. The summed E-state index contributed by atoms with van der Waals surface area (Å²) >= 11 is 0. The molecule has 0 spiro atoms. The van der Waals surface area contributed by atoms with Gasteiger partial charge in [0.1, 0.15) is 0 Å². The molecule has 0 N–H and O–H groups in total. The number of aryl methyl sites for hydroxylation is 1. The van der Waals surface area contributed by atoms with Crippen LogP contribution >= 0.6 is 0 Å². The van der Waals surface area contributed by atoms with Crippen molar-refractivity contribution in [3.8, 4) is 0 Å². The molecule has 0 fully saturated rings. The van der Waals surface area contributed by atoms with Gasteiger partial charge >= 0.3 is 0 Å². The van der Waals surface area contributed by atoms with Gasteiger partial charge in [0, 0.05) is 35.4 Å². The molecule has 1 aromatic rings. The lowest BCUT2D eigenvalue weighted by atomic mass is 9.93. The molecule has 134 valence electrons. The third-order valence-electron chi connectivity index (χ3n) is 4.12. The van der Waals surface area contributed by atoms with E-state index in [-0.39, 0.29) is 0 Å². The number of allylic oxidation sites excluding steroid dienone is 8. The van der Waals surface area contributed by atoms with Gasteiger partial charge in [0.25, 0.3) is 0 Å². The summed E-state index contributed by atoms with van der Waals surface area (Å²) in [6.45, 7) is 16.4. The van der Waals surface area contributed by atoms with E-state index < -0.39 is 0 Å². The Morgan fingerprint density at radius 2 is 2.12 bits per heavy atom. The molecule has 1 aliphatic rings. The topological polar surface area (TPSA) is 28.5 Å². The van der Waals surface area contributed by atoms with Gasteiger partial charge in [-0.1, -0.05) is 38.3 Å². The summed E-state index contributed by atoms with van der Waals surface area (Å²) in [5.74, 6) is 0. The first-order valence-corrected chi connectivity index (χ1v) is 8.88. The summed E-state index contributed by atoms with van der Waals surface area (Å²) in [6.07, 6.45) is 16.9. The molecule has 0 unspecified atom stereocenters. The lowest BCUT2D eigenvalue weighted by Gasteiger charge is -2.21. The molecule has 0 aliphatic carbocycles. The number of hydrogen-bond acceptors (Lipinski definition) is 3. The van der Waals surface area contributed by atoms with Crippen LogP contribution in [0.1, 0.15) is 44.0 Å². The van der Waals surface area contributed by atoms with Crippen LogP contribution in [0.15, 0.2) is 78.4 Å². The van der Waals surface area contributed by atoms with E-state index in [1.54, 1.807) is 11.2 Å². The molecule has 0 aromatic carbocycles. The van der Waals surface area contributed by atoms with E-state index >= 15 is 0 Å². The predicted octanol–water partition coefficient (Wildman–Crippen LogP) is 6.05. The zero-order chi connectivity index (χ0) is 19.1. The summed E-state index contributed by atoms with van der Waals surface area (Å²) in [6, 6.07) is 2.17. The minimum Gasteiger partial charge on any atom is -0.260 e. The van der Waals surface area contributed by atoms with Crippen molar-refractivity contribution in [2.45, 2.75) is 34.1 Å². The number of nitrogens with zero attached hydrogens (tertiary/aromatic N) is 3. The molecular formula is C23H27N3. The Hall–Kier alpha value is -2.94. The normalized spacial score (nSPS) is 15.2. The Morgan fingerprint density at radius 3 is 2.73 bits per heavy atom. The first-order valence-electron chi connectivity index (χ1n) is 8.88. The van der Waals surface area contributed by atoms with Gasteiger partial charge in [-0.3, -0.25) is 4.98 Å². The smallest absolute Gasteiger partial charge is 0.0579 e. The van der Waals surface area contributed by atoms with E-state index in [9.17, 15) is 0 Å². The van der Waals surface area contributed by atoms with Crippen molar-refractivity contribution in [2.75, 3.05) is 0 Å². The molecule has 0 amide bonds. The first kappa shape index (κ1) is 19.4. The molecule has 0 saturated carbocycles. The fourth-order valence-electron chi connectivity index (χ4n) is 2.80. The quantitative estimate of drug-likeness (QED) is 0.464. The molecule has 0 saturated heterocycles. The zero-order valence-electron chi connectivity index (χ0n) is 16.2. The van der Waals surface area contributed by atoms with Crippen molar-refractivity contribution in [1.29, 1.82) is 0 Å². The van der Waals surface area contributed by atoms with Crippen LogP contribution in [-0.2, 0) is 0 Å². The largest absolute Gasteiger partial charge is 0.260 e. The fourth-order valence-corrected chi connectivity index (χ4v) is 2.80. The lowest BCUT2D eigenvalue weighted by Crippen LogP contribution is -2.11. The van der Waals surface area contributed by atoms with Gasteiger partial charge in [0.2, 0.25) is 0 Å². The van der Waals surface area contributed by atoms with E-state index in [1.807, 2.05) is 45.3 Å². The average Bonchev–Trinajstić information content (AvgIpc) is 2.63. The lowest BCUT2D eigenvalue weighted by molar-refractivity contribution is 0.514. The third kappa shape index (κ3) is 4.37. The van der Waals surface area contributed by atoms with Gasteiger partial charge in [0.05, 0.1) is 5.70 Å². The van der Waals surface area contributed by atoms with Gasteiger partial charge in [-0.05, 0) is 62.1 Å². The molecular weight excluding hydrogens is 318 g/mol. The number of hydrazone groups is 1. The summed E-state index contributed by atoms with van der Waals surface area (Å²) in [7, 11) is 0. The standard InChI is InChI=1S/C23H27N3/c1-7-10-20(11-8-2)22-15-23(19(6)24-16-22)18(5)21-12-13-26(25-9-3)17(4)14-21/h7,9-16H,4-5,8H2,1-3,6H3/b10-7-,20-11+,25-9-. The Balaban J connectivity index is 2.40. The van der Waals surface area contributed by atoms with Crippen molar-refractivity contribution >= 4 is 17.4 Å². The van der Waals surface area contributed by atoms with Gasteiger partial charge < -0.3 is 0 Å². The van der Waals surface area contributed by atoms with E-state index in [0.717, 1.165) is 40.1 Å². The Kier molecular flexibility index (Phi) is 6.67. The maximum Gasteiger partial charge on any atom is 0.0579 e. The Morgan fingerprint density at radius 1 is 1.35 bits per heavy atom. The van der Waals surface area contributed by atoms with Crippen molar-refractivity contribution in [3.63, 3.8) is 0 Å². The van der Waals surface area contributed by atoms with E-state index in [1.165, 1.54) is 5.57 Å². The molecule has 0 atom stereocenters. The Bertz CT molecular complexity index is 848. The molecule has 2 heterocycles. The number of rotatable bonds is 6. The third-order valence-corrected chi connectivity index (χ3v) is 4.12. The van der Waals surface area contributed by atoms with Gasteiger partial charge in [0.15, 0.2) is 0 Å². The summed E-state index contributed by atoms with van der Waals surface area (Å²) in [5.41, 5.74) is 7.05. The van der Waals surface area contributed by atoms with Crippen molar-refractivity contribution < 1.29 is 0 Å². The van der Waals surface area contributed by atoms with Crippen LogP contribution in [0, 0.1) is 6.92 Å². The summed E-state index contributed by atoms with van der Waals surface area (Å²) in [5, 5.41) is 5.99. The van der Waals surface area contributed by atoms with Crippen molar-refractivity contribution in [1.82, 2.24) is 9.99 Å². The zero-order valence-corrected chi connectivity index (χ0v) is 16.2. The van der Waals surface area contributed by atoms with E-state index in [4.69, 9.17) is 0 Å². The molecule has 0 radical (unpaired) electrons. The molecule has 1 aliphatic heterocycles. The number of hydrogen-bond donors (Lipinski definition) is 0. The first-order chi connectivity index (χ1) is 12.5. The van der Waals surface area contributed by atoms with Crippen LogP contribution in [0.4, 0.5) is 0 Å². The fraction of sp³-hybridized carbons (Fsp3) is 0.217. The molecule has 3 heteroatoms. The predicted molar refractivity (Wildman–Crippen MR) is 113 cm³/mol. The average molecular weight is 345 g/mol. The van der Waals surface area contributed by atoms with Crippen LogP contribution in [-0.4, -0.2) is 16.2 Å². The van der Waals surface area contributed by atoms with Crippen molar-refractivity contribution in [3.05, 3.63) is 90.1 Å². The van der Waals surface area contributed by atoms with Crippen LogP contribution in [0.3, 0.4) is 0 Å². The second-order valence-corrected chi connectivity index (χ2v) is 6.03. The highest BCUT2D eigenvalue weighted by Gasteiger charge is 2.14. The molecule has 3 nitrogen and oxygen atoms in total. The molecule has 1 aromatic heterocycles. The van der Waals surface area contributed by atoms with Crippen LogP contribution in [0.25, 0.3) is 11.1 Å².